The molecular formula is C10H12ClN5O. The Kier molecular flexibility index (Phi) is 2.89. The van der Waals surface area contributed by atoms with Gasteiger partial charge in [-0.3, -0.25) is 0 Å². The molecule has 7 heteroatoms. The van der Waals surface area contributed by atoms with Crippen molar-refractivity contribution in [3.63, 3.8) is 0 Å². The maximum Gasteiger partial charge on any atom is 0.249 e. The van der Waals surface area contributed by atoms with E-state index in [0.29, 0.717) is 17.3 Å². The fourth-order valence-electron chi connectivity index (χ4n) is 1.38. The van der Waals surface area contributed by atoms with Crippen LogP contribution in [0.5, 0.6) is 11.8 Å². The first-order valence-corrected chi connectivity index (χ1v) is 5.33. The molecule has 0 aliphatic heterocycles. The third-order valence-corrected chi connectivity index (χ3v) is 2.40. The number of aromatic nitrogens is 4. The van der Waals surface area contributed by atoms with E-state index in [1.54, 1.807) is 24.7 Å². The van der Waals surface area contributed by atoms with Gasteiger partial charge in [-0.15, -0.1) is 0 Å². The number of halogens is 1. The Bertz CT molecular complexity index is 566. The molecule has 0 fully saturated rings. The first-order chi connectivity index (χ1) is 7.97. The second-order valence-electron chi connectivity index (χ2n) is 3.65. The zero-order chi connectivity index (χ0) is 12.6. The largest absolute Gasteiger partial charge is 0.419 e. The van der Waals surface area contributed by atoms with Crippen LogP contribution in [0.2, 0.25) is 5.28 Å². The van der Waals surface area contributed by atoms with Gasteiger partial charge in [0.2, 0.25) is 17.0 Å². The smallest absolute Gasteiger partial charge is 0.249 e. The Labute approximate surface area is 103 Å². The summed E-state index contributed by atoms with van der Waals surface area (Å²) in [4.78, 5) is 7.88. The lowest BCUT2D eigenvalue weighted by atomic mass is 10.4. The molecule has 0 aliphatic carbocycles. The average molecular weight is 254 g/mol. The van der Waals surface area contributed by atoms with E-state index in [-0.39, 0.29) is 11.2 Å². The lowest BCUT2D eigenvalue weighted by Crippen LogP contribution is -2.03. The van der Waals surface area contributed by atoms with E-state index >= 15 is 0 Å². The number of hydrogen-bond acceptors (Lipinski definition) is 5. The van der Waals surface area contributed by atoms with Crippen LogP contribution in [0.25, 0.3) is 0 Å². The summed E-state index contributed by atoms with van der Waals surface area (Å²) in [6.45, 7) is 3.61. The highest BCUT2D eigenvalue weighted by atomic mass is 35.5. The Hall–Kier alpha value is -1.82. The van der Waals surface area contributed by atoms with Gasteiger partial charge in [0.1, 0.15) is 5.69 Å². The van der Waals surface area contributed by atoms with Crippen molar-refractivity contribution in [2.75, 3.05) is 5.73 Å². The monoisotopic (exact) mass is 253 g/mol. The quantitative estimate of drug-likeness (QED) is 0.827. The molecule has 0 spiro atoms. The SMILES string of the molecule is Cc1cc(Oc2nc(Cl)nc(C)c2N)n(C)n1. The Morgan fingerprint density at radius 3 is 2.65 bits per heavy atom. The van der Waals surface area contributed by atoms with Crippen molar-refractivity contribution < 1.29 is 4.74 Å². The maximum atomic E-state index is 5.82. The van der Waals surface area contributed by atoms with Crippen molar-refractivity contribution in [1.82, 2.24) is 19.7 Å². The Morgan fingerprint density at radius 1 is 1.35 bits per heavy atom. The van der Waals surface area contributed by atoms with E-state index in [1.165, 1.54) is 0 Å². The molecule has 0 bridgehead atoms. The third-order valence-electron chi connectivity index (χ3n) is 2.23. The summed E-state index contributed by atoms with van der Waals surface area (Å²) in [5, 5.41) is 4.26. The topological polar surface area (TPSA) is 78.9 Å². The normalized spacial score (nSPS) is 10.6. The third kappa shape index (κ3) is 2.31. The number of aryl methyl sites for hydroxylation is 3. The fourth-order valence-corrected chi connectivity index (χ4v) is 1.59. The van der Waals surface area contributed by atoms with Gasteiger partial charge in [0.15, 0.2) is 0 Å². The molecule has 0 aliphatic rings. The zero-order valence-electron chi connectivity index (χ0n) is 9.73. The van der Waals surface area contributed by atoms with Gasteiger partial charge in [-0.05, 0) is 25.4 Å². The first-order valence-electron chi connectivity index (χ1n) is 4.95. The van der Waals surface area contributed by atoms with Crippen LogP contribution in [0.15, 0.2) is 6.07 Å². The number of hydrogen-bond donors (Lipinski definition) is 1. The van der Waals surface area contributed by atoms with Crippen molar-refractivity contribution in [2.24, 2.45) is 7.05 Å². The Morgan fingerprint density at radius 2 is 2.06 bits per heavy atom. The van der Waals surface area contributed by atoms with Crippen LogP contribution in [-0.2, 0) is 7.05 Å². The minimum absolute atomic E-state index is 0.102. The van der Waals surface area contributed by atoms with Gasteiger partial charge < -0.3 is 10.5 Å². The number of rotatable bonds is 2. The summed E-state index contributed by atoms with van der Waals surface area (Å²) in [5.74, 6) is 0.786. The van der Waals surface area contributed by atoms with Gasteiger partial charge in [0, 0.05) is 13.1 Å². The highest BCUT2D eigenvalue weighted by Crippen LogP contribution is 2.28. The number of ether oxygens (including phenoxy) is 1. The minimum Gasteiger partial charge on any atom is -0.419 e. The van der Waals surface area contributed by atoms with Gasteiger partial charge in [-0.25, -0.2) is 9.67 Å². The molecule has 17 heavy (non-hydrogen) atoms. The second-order valence-corrected chi connectivity index (χ2v) is 3.98. The van der Waals surface area contributed by atoms with E-state index in [9.17, 15) is 0 Å². The molecule has 0 unspecified atom stereocenters. The molecule has 2 heterocycles. The van der Waals surface area contributed by atoms with Crippen LogP contribution in [0.4, 0.5) is 5.69 Å². The molecule has 0 radical (unpaired) electrons. The fraction of sp³-hybridized carbons (Fsp3) is 0.300. The van der Waals surface area contributed by atoms with Crippen LogP contribution in [0.1, 0.15) is 11.4 Å². The average Bonchev–Trinajstić information content (AvgIpc) is 2.53. The van der Waals surface area contributed by atoms with Crippen molar-refractivity contribution in [3.05, 3.63) is 22.7 Å². The van der Waals surface area contributed by atoms with Crippen LogP contribution in [0, 0.1) is 13.8 Å². The van der Waals surface area contributed by atoms with Crippen molar-refractivity contribution in [2.45, 2.75) is 13.8 Å². The van der Waals surface area contributed by atoms with E-state index in [2.05, 4.69) is 15.1 Å². The summed E-state index contributed by atoms with van der Waals surface area (Å²) in [6.07, 6.45) is 0. The predicted octanol–water partition coefficient (Wildman–Crippen LogP) is 1.85. The van der Waals surface area contributed by atoms with Gasteiger partial charge in [-0.1, -0.05) is 0 Å². The number of nitrogen functional groups attached to an aromatic ring is 1. The summed E-state index contributed by atoms with van der Waals surface area (Å²) in [6, 6.07) is 1.78. The summed E-state index contributed by atoms with van der Waals surface area (Å²) < 4.78 is 7.16. The van der Waals surface area contributed by atoms with E-state index in [4.69, 9.17) is 22.1 Å². The lowest BCUT2D eigenvalue weighted by Gasteiger charge is -2.08. The zero-order valence-corrected chi connectivity index (χ0v) is 10.5. The molecule has 2 rings (SSSR count). The lowest BCUT2D eigenvalue weighted by molar-refractivity contribution is 0.416. The van der Waals surface area contributed by atoms with Crippen LogP contribution < -0.4 is 10.5 Å². The molecule has 0 saturated heterocycles. The van der Waals surface area contributed by atoms with E-state index < -0.39 is 0 Å². The summed E-state index contributed by atoms with van der Waals surface area (Å²) >= 11 is 5.75. The second kappa shape index (κ2) is 4.21. The Balaban J connectivity index is 2.39. The molecule has 0 atom stereocenters. The van der Waals surface area contributed by atoms with Crippen molar-refractivity contribution in [3.8, 4) is 11.8 Å². The predicted molar refractivity (Wildman–Crippen MR) is 64.2 cm³/mol. The molecular weight excluding hydrogens is 242 g/mol. The molecule has 2 aromatic rings. The first kappa shape index (κ1) is 11.7. The molecule has 0 amide bonds. The van der Waals surface area contributed by atoms with Gasteiger partial charge in [-0.2, -0.15) is 10.1 Å². The molecule has 2 N–H and O–H groups in total. The summed E-state index contributed by atoms with van der Waals surface area (Å²) in [7, 11) is 1.77. The van der Waals surface area contributed by atoms with Crippen LogP contribution >= 0.6 is 11.6 Å². The summed E-state index contributed by atoms with van der Waals surface area (Å²) in [5.41, 5.74) is 7.61. The number of nitrogens with two attached hydrogens (primary N) is 1. The number of nitrogens with zero attached hydrogens (tertiary/aromatic N) is 4. The highest BCUT2D eigenvalue weighted by Gasteiger charge is 2.12. The molecule has 0 saturated carbocycles. The van der Waals surface area contributed by atoms with Gasteiger partial charge >= 0.3 is 0 Å². The molecule has 0 aromatic carbocycles. The molecule has 90 valence electrons. The van der Waals surface area contributed by atoms with E-state index in [0.717, 1.165) is 5.69 Å². The molecule has 2 aromatic heterocycles. The highest BCUT2D eigenvalue weighted by molar-refractivity contribution is 6.28. The van der Waals surface area contributed by atoms with Crippen LogP contribution in [-0.4, -0.2) is 19.7 Å². The minimum atomic E-state index is 0.102. The van der Waals surface area contributed by atoms with Crippen molar-refractivity contribution >= 4 is 17.3 Å². The van der Waals surface area contributed by atoms with Gasteiger partial charge in [0.05, 0.1) is 11.4 Å². The molecule has 6 nitrogen and oxygen atoms in total. The van der Waals surface area contributed by atoms with Gasteiger partial charge in [0.25, 0.3) is 0 Å². The standard InChI is InChI=1S/C10H12ClN5O/c1-5-4-7(16(3)15-5)17-9-8(12)6(2)13-10(11)14-9/h4H,12H2,1-3H3. The number of anilines is 1. The van der Waals surface area contributed by atoms with Crippen LogP contribution in [0.3, 0.4) is 0 Å². The maximum absolute atomic E-state index is 5.82. The van der Waals surface area contributed by atoms with E-state index in [1.807, 2.05) is 6.92 Å². The van der Waals surface area contributed by atoms with Crippen molar-refractivity contribution in [1.29, 1.82) is 0 Å².